The minimum atomic E-state index is -0.800. The molecule has 1 N–H and O–H groups in total. The lowest BCUT2D eigenvalue weighted by molar-refractivity contribution is 0.214. The second-order valence-electron chi connectivity index (χ2n) is 4.29. The van der Waals surface area contributed by atoms with Crippen LogP contribution in [0.2, 0.25) is 10.0 Å². The van der Waals surface area contributed by atoms with Crippen molar-refractivity contribution in [2.45, 2.75) is 13.0 Å². The van der Waals surface area contributed by atoms with E-state index in [0.717, 1.165) is 11.1 Å². The first-order chi connectivity index (χ1) is 9.02. The first-order valence-electron chi connectivity index (χ1n) is 5.80. The minimum absolute atomic E-state index is 0.557. The van der Waals surface area contributed by atoms with Crippen LogP contribution in [0.3, 0.4) is 0 Å². The molecule has 0 bridgehead atoms. The fourth-order valence-corrected chi connectivity index (χ4v) is 2.44. The third kappa shape index (κ3) is 3.03. The maximum absolute atomic E-state index is 10.5. The quantitative estimate of drug-likeness (QED) is 0.910. The van der Waals surface area contributed by atoms with Gasteiger partial charge in [0.1, 0.15) is 11.9 Å². The fourth-order valence-electron chi connectivity index (χ4n) is 2.03. The highest BCUT2D eigenvalue weighted by Gasteiger charge is 2.17. The van der Waals surface area contributed by atoms with E-state index < -0.39 is 6.10 Å². The highest BCUT2D eigenvalue weighted by Crippen LogP contribution is 2.34. The predicted molar refractivity (Wildman–Crippen MR) is 78.3 cm³/mol. The molecule has 0 amide bonds. The van der Waals surface area contributed by atoms with Gasteiger partial charge < -0.3 is 9.84 Å². The topological polar surface area (TPSA) is 29.5 Å². The van der Waals surface area contributed by atoms with E-state index in [1.807, 2.05) is 19.1 Å². The highest BCUT2D eigenvalue weighted by molar-refractivity contribution is 6.31. The number of aryl methyl sites for hydroxylation is 1. The Balaban J connectivity index is 2.49. The second-order valence-corrected chi connectivity index (χ2v) is 5.16. The molecule has 0 aliphatic heterocycles. The molecular formula is C15H14Cl2O2. The molecule has 0 heterocycles. The van der Waals surface area contributed by atoms with Crippen molar-refractivity contribution in [1.29, 1.82) is 0 Å². The number of halogens is 2. The number of hydrogen-bond donors (Lipinski definition) is 1. The number of benzene rings is 2. The molecule has 2 nitrogen and oxygen atoms in total. The first-order valence-corrected chi connectivity index (χ1v) is 6.56. The zero-order valence-electron chi connectivity index (χ0n) is 10.7. The largest absolute Gasteiger partial charge is 0.496 e. The summed E-state index contributed by atoms with van der Waals surface area (Å²) in [4.78, 5) is 0. The average molecular weight is 297 g/mol. The number of ether oxygens (including phenoxy) is 1. The summed E-state index contributed by atoms with van der Waals surface area (Å²) in [5.74, 6) is 0.603. The molecule has 0 aliphatic rings. The van der Waals surface area contributed by atoms with Crippen LogP contribution in [0, 0.1) is 6.92 Å². The minimum Gasteiger partial charge on any atom is -0.496 e. The standard InChI is InChI=1S/C15H14Cl2O2/c1-9-7-10(16)3-5-12(9)15(18)13-8-11(17)4-6-14(13)19-2/h3-8,15,18H,1-2H3. The van der Waals surface area contributed by atoms with Crippen LogP contribution in [0.15, 0.2) is 36.4 Å². The predicted octanol–water partition coefficient (Wildman–Crippen LogP) is 4.39. The van der Waals surface area contributed by atoms with Crippen LogP contribution in [-0.2, 0) is 0 Å². The maximum atomic E-state index is 10.5. The second kappa shape index (κ2) is 5.83. The van der Waals surface area contributed by atoms with Crippen molar-refractivity contribution in [3.8, 4) is 5.75 Å². The van der Waals surface area contributed by atoms with Gasteiger partial charge in [0.25, 0.3) is 0 Å². The van der Waals surface area contributed by atoms with Gasteiger partial charge in [0.2, 0.25) is 0 Å². The third-order valence-electron chi connectivity index (χ3n) is 3.01. The fraction of sp³-hybridized carbons (Fsp3) is 0.200. The van der Waals surface area contributed by atoms with Crippen molar-refractivity contribution < 1.29 is 9.84 Å². The van der Waals surface area contributed by atoms with E-state index >= 15 is 0 Å². The average Bonchev–Trinajstić information content (AvgIpc) is 2.38. The van der Waals surface area contributed by atoms with Gasteiger partial charge in [-0.05, 0) is 48.4 Å². The molecule has 0 saturated carbocycles. The van der Waals surface area contributed by atoms with Gasteiger partial charge in [-0.1, -0.05) is 29.3 Å². The van der Waals surface area contributed by atoms with Gasteiger partial charge in [0.15, 0.2) is 0 Å². The summed E-state index contributed by atoms with van der Waals surface area (Å²) in [5.41, 5.74) is 2.34. The molecule has 0 saturated heterocycles. The van der Waals surface area contributed by atoms with Crippen LogP contribution in [0.1, 0.15) is 22.8 Å². The molecule has 19 heavy (non-hydrogen) atoms. The molecule has 0 aliphatic carbocycles. The molecule has 2 aromatic rings. The van der Waals surface area contributed by atoms with E-state index in [9.17, 15) is 5.11 Å². The van der Waals surface area contributed by atoms with E-state index in [4.69, 9.17) is 27.9 Å². The van der Waals surface area contributed by atoms with Crippen LogP contribution in [-0.4, -0.2) is 12.2 Å². The summed E-state index contributed by atoms with van der Waals surface area (Å²) in [7, 11) is 1.56. The number of methoxy groups -OCH3 is 1. The molecule has 0 aromatic heterocycles. The molecule has 4 heteroatoms. The van der Waals surface area contributed by atoms with E-state index in [0.29, 0.717) is 21.4 Å². The Hall–Kier alpha value is -1.22. The molecule has 0 radical (unpaired) electrons. The smallest absolute Gasteiger partial charge is 0.125 e. The Morgan fingerprint density at radius 2 is 1.63 bits per heavy atom. The Morgan fingerprint density at radius 3 is 2.26 bits per heavy atom. The summed E-state index contributed by atoms with van der Waals surface area (Å²) < 4.78 is 5.26. The number of aliphatic hydroxyl groups is 1. The lowest BCUT2D eigenvalue weighted by atomic mass is 9.97. The first kappa shape index (κ1) is 14.2. The molecule has 1 atom stereocenters. The molecule has 2 aromatic carbocycles. The summed E-state index contributed by atoms with van der Waals surface area (Å²) >= 11 is 11.9. The van der Waals surface area contributed by atoms with Crippen molar-refractivity contribution in [1.82, 2.24) is 0 Å². The summed E-state index contributed by atoms with van der Waals surface area (Å²) in [6, 6.07) is 10.6. The zero-order chi connectivity index (χ0) is 14.0. The van der Waals surface area contributed by atoms with Crippen LogP contribution in [0.25, 0.3) is 0 Å². The van der Waals surface area contributed by atoms with Crippen LogP contribution >= 0.6 is 23.2 Å². The van der Waals surface area contributed by atoms with Crippen LogP contribution in [0.5, 0.6) is 5.75 Å². The molecule has 1 unspecified atom stereocenters. The molecular weight excluding hydrogens is 283 g/mol. The third-order valence-corrected chi connectivity index (χ3v) is 3.48. The summed E-state index contributed by atoms with van der Waals surface area (Å²) in [6.45, 7) is 1.90. The van der Waals surface area contributed by atoms with Gasteiger partial charge in [-0.25, -0.2) is 0 Å². The summed E-state index contributed by atoms with van der Waals surface area (Å²) in [5, 5.41) is 11.7. The summed E-state index contributed by atoms with van der Waals surface area (Å²) in [6.07, 6.45) is -0.800. The maximum Gasteiger partial charge on any atom is 0.125 e. The van der Waals surface area contributed by atoms with Gasteiger partial charge in [0, 0.05) is 15.6 Å². The number of aliphatic hydroxyl groups excluding tert-OH is 1. The van der Waals surface area contributed by atoms with E-state index in [-0.39, 0.29) is 0 Å². The van der Waals surface area contributed by atoms with E-state index in [2.05, 4.69) is 0 Å². The SMILES string of the molecule is COc1ccc(Cl)cc1C(O)c1ccc(Cl)cc1C. The van der Waals surface area contributed by atoms with Crippen molar-refractivity contribution in [3.05, 3.63) is 63.1 Å². The monoisotopic (exact) mass is 296 g/mol. The Labute approximate surface area is 122 Å². The van der Waals surface area contributed by atoms with Gasteiger partial charge >= 0.3 is 0 Å². The van der Waals surface area contributed by atoms with Gasteiger partial charge in [-0.2, -0.15) is 0 Å². The lowest BCUT2D eigenvalue weighted by Gasteiger charge is -2.17. The lowest BCUT2D eigenvalue weighted by Crippen LogP contribution is -2.04. The zero-order valence-corrected chi connectivity index (χ0v) is 12.2. The van der Waals surface area contributed by atoms with Crippen molar-refractivity contribution >= 4 is 23.2 Å². The van der Waals surface area contributed by atoms with Crippen molar-refractivity contribution in [3.63, 3.8) is 0 Å². The van der Waals surface area contributed by atoms with Crippen molar-refractivity contribution in [2.24, 2.45) is 0 Å². The van der Waals surface area contributed by atoms with Gasteiger partial charge in [-0.15, -0.1) is 0 Å². The van der Waals surface area contributed by atoms with Gasteiger partial charge in [0.05, 0.1) is 7.11 Å². The van der Waals surface area contributed by atoms with Gasteiger partial charge in [-0.3, -0.25) is 0 Å². The Morgan fingerprint density at radius 1 is 1.00 bits per heavy atom. The highest BCUT2D eigenvalue weighted by atomic mass is 35.5. The molecule has 2 rings (SSSR count). The normalized spacial score (nSPS) is 12.3. The molecule has 0 fully saturated rings. The number of rotatable bonds is 3. The Bertz CT molecular complexity index is 597. The van der Waals surface area contributed by atoms with E-state index in [1.165, 1.54) is 0 Å². The van der Waals surface area contributed by atoms with Crippen LogP contribution < -0.4 is 4.74 Å². The van der Waals surface area contributed by atoms with Crippen LogP contribution in [0.4, 0.5) is 0 Å². The molecule has 100 valence electrons. The van der Waals surface area contributed by atoms with Crippen molar-refractivity contribution in [2.75, 3.05) is 7.11 Å². The van der Waals surface area contributed by atoms with E-state index in [1.54, 1.807) is 31.4 Å². The molecule has 0 spiro atoms. The Kier molecular flexibility index (Phi) is 4.35. The number of hydrogen-bond acceptors (Lipinski definition) is 2.